The lowest BCUT2D eigenvalue weighted by molar-refractivity contribution is 0.754. The molecule has 0 saturated heterocycles. The highest BCUT2D eigenvalue weighted by Gasteiger charge is 2.04. The Morgan fingerprint density at radius 3 is 1.71 bits per heavy atom. The molecule has 0 aromatic heterocycles. The van der Waals surface area contributed by atoms with E-state index in [0.717, 1.165) is 38.9 Å². The SMILES string of the molecule is CCN(CCCN)c1ccc(CCc2ccc(N(C)C)cc2)cc1. The summed E-state index contributed by atoms with van der Waals surface area (Å²) in [5.74, 6) is 0. The van der Waals surface area contributed by atoms with Crippen LogP contribution in [0, 0.1) is 0 Å². The molecule has 130 valence electrons. The molecular formula is C21H31N3. The lowest BCUT2D eigenvalue weighted by Crippen LogP contribution is -2.25. The highest BCUT2D eigenvalue weighted by atomic mass is 15.1. The van der Waals surface area contributed by atoms with E-state index in [-0.39, 0.29) is 0 Å². The molecular weight excluding hydrogens is 294 g/mol. The van der Waals surface area contributed by atoms with Crippen LogP contribution in [0.4, 0.5) is 11.4 Å². The fraction of sp³-hybridized carbons (Fsp3) is 0.429. The van der Waals surface area contributed by atoms with Crippen molar-refractivity contribution in [3.63, 3.8) is 0 Å². The minimum atomic E-state index is 0.751. The Kier molecular flexibility index (Phi) is 7.13. The Bertz CT molecular complexity index is 587. The van der Waals surface area contributed by atoms with Crippen LogP contribution >= 0.6 is 0 Å². The molecule has 0 aliphatic heterocycles. The molecule has 2 aromatic carbocycles. The maximum atomic E-state index is 5.63. The first kappa shape index (κ1) is 18.3. The average Bonchev–Trinajstić information content (AvgIpc) is 2.62. The van der Waals surface area contributed by atoms with Gasteiger partial charge in [-0.25, -0.2) is 0 Å². The van der Waals surface area contributed by atoms with E-state index in [1.807, 2.05) is 0 Å². The van der Waals surface area contributed by atoms with Crippen LogP contribution in [0.25, 0.3) is 0 Å². The standard InChI is InChI=1S/C21H31N3/c1-4-24(17-5-16-22)21-14-10-19(11-15-21)7-6-18-8-12-20(13-9-18)23(2)3/h8-15H,4-7,16-17,22H2,1-3H3. The van der Waals surface area contributed by atoms with Gasteiger partial charge in [0.15, 0.2) is 0 Å². The molecule has 0 bridgehead atoms. The topological polar surface area (TPSA) is 32.5 Å². The maximum Gasteiger partial charge on any atom is 0.0366 e. The second kappa shape index (κ2) is 9.33. The first-order chi connectivity index (χ1) is 11.6. The monoisotopic (exact) mass is 325 g/mol. The molecule has 0 aliphatic carbocycles. The zero-order chi connectivity index (χ0) is 17.4. The van der Waals surface area contributed by atoms with Crippen LogP contribution in [0.2, 0.25) is 0 Å². The van der Waals surface area contributed by atoms with Crippen LogP contribution in [0.15, 0.2) is 48.5 Å². The second-order valence-corrected chi connectivity index (χ2v) is 6.45. The summed E-state index contributed by atoms with van der Waals surface area (Å²) in [5, 5.41) is 0. The summed E-state index contributed by atoms with van der Waals surface area (Å²) in [6.07, 6.45) is 3.20. The zero-order valence-electron chi connectivity index (χ0n) is 15.3. The minimum Gasteiger partial charge on any atom is -0.378 e. The Morgan fingerprint density at radius 2 is 1.29 bits per heavy atom. The summed E-state index contributed by atoms with van der Waals surface area (Å²) in [5.41, 5.74) is 11.0. The van der Waals surface area contributed by atoms with Gasteiger partial charge >= 0.3 is 0 Å². The van der Waals surface area contributed by atoms with Crippen LogP contribution in [-0.4, -0.2) is 33.7 Å². The summed E-state index contributed by atoms with van der Waals surface area (Å²) >= 11 is 0. The lowest BCUT2D eigenvalue weighted by Gasteiger charge is -2.23. The minimum absolute atomic E-state index is 0.751. The zero-order valence-corrected chi connectivity index (χ0v) is 15.3. The third-order valence-electron chi connectivity index (χ3n) is 4.47. The molecule has 0 atom stereocenters. The van der Waals surface area contributed by atoms with E-state index in [0.29, 0.717) is 0 Å². The fourth-order valence-electron chi connectivity index (χ4n) is 2.87. The first-order valence-corrected chi connectivity index (χ1v) is 8.94. The van der Waals surface area contributed by atoms with Crippen LogP contribution < -0.4 is 15.5 Å². The summed E-state index contributed by atoms with van der Waals surface area (Å²) in [6.45, 7) is 5.01. The third-order valence-corrected chi connectivity index (χ3v) is 4.47. The Hall–Kier alpha value is -2.00. The van der Waals surface area contributed by atoms with Gasteiger partial charge in [-0.1, -0.05) is 24.3 Å². The third kappa shape index (κ3) is 5.27. The number of aryl methyl sites for hydroxylation is 2. The quantitative estimate of drug-likeness (QED) is 0.763. The highest BCUT2D eigenvalue weighted by molar-refractivity contribution is 5.48. The van der Waals surface area contributed by atoms with Gasteiger partial charge in [0, 0.05) is 38.6 Å². The smallest absolute Gasteiger partial charge is 0.0366 e. The first-order valence-electron chi connectivity index (χ1n) is 8.94. The molecule has 0 amide bonds. The Morgan fingerprint density at radius 1 is 0.792 bits per heavy atom. The molecule has 2 rings (SSSR count). The number of benzene rings is 2. The average molecular weight is 326 g/mol. The molecule has 2 N–H and O–H groups in total. The van der Waals surface area contributed by atoms with E-state index in [4.69, 9.17) is 5.73 Å². The predicted octanol–water partition coefficient (Wildman–Crippen LogP) is 3.71. The van der Waals surface area contributed by atoms with Crippen molar-refractivity contribution in [3.8, 4) is 0 Å². The molecule has 0 fully saturated rings. The molecule has 24 heavy (non-hydrogen) atoms. The van der Waals surface area contributed by atoms with Gasteiger partial charge in [-0.05, 0) is 68.1 Å². The number of hydrogen-bond acceptors (Lipinski definition) is 3. The molecule has 3 heteroatoms. The van der Waals surface area contributed by atoms with Gasteiger partial charge in [-0.2, -0.15) is 0 Å². The van der Waals surface area contributed by atoms with Crippen LogP contribution in [0.3, 0.4) is 0 Å². The maximum absolute atomic E-state index is 5.63. The van der Waals surface area contributed by atoms with Gasteiger partial charge in [0.25, 0.3) is 0 Å². The van der Waals surface area contributed by atoms with Crippen molar-refractivity contribution < 1.29 is 0 Å². The number of anilines is 2. The lowest BCUT2D eigenvalue weighted by atomic mass is 10.0. The second-order valence-electron chi connectivity index (χ2n) is 6.45. The number of hydrogen-bond donors (Lipinski definition) is 1. The van der Waals surface area contributed by atoms with Crippen molar-refractivity contribution in [2.75, 3.05) is 43.5 Å². The van der Waals surface area contributed by atoms with Gasteiger partial charge in [0.05, 0.1) is 0 Å². The van der Waals surface area contributed by atoms with Crippen LogP contribution in [0.5, 0.6) is 0 Å². The van der Waals surface area contributed by atoms with E-state index < -0.39 is 0 Å². The largest absolute Gasteiger partial charge is 0.378 e. The highest BCUT2D eigenvalue weighted by Crippen LogP contribution is 2.18. The molecule has 0 unspecified atom stereocenters. The van der Waals surface area contributed by atoms with Gasteiger partial charge < -0.3 is 15.5 Å². The molecule has 0 radical (unpaired) electrons. The normalized spacial score (nSPS) is 10.7. The van der Waals surface area contributed by atoms with E-state index in [1.165, 1.54) is 22.5 Å². The van der Waals surface area contributed by atoms with Crippen molar-refractivity contribution >= 4 is 11.4 Å². The summed E-state index contributed by atoms with van der Waals surface area (Å²) in [4.78, 5) is 4.52. The number of nitrogens with two attached hydrogens (primary N) is 1. The van der Waals surface area contributed by atoms with Gasteiger partial charge in [0.1, 0.15) is 0 Å². The van der Waals surface area contributed by atoms with Crippen LogP contribution in [-0.2, 0) is 12.8 Å². The fourth-order valence-corrected chi connectivity index (χ4v) is 2.87. The van der Waals surface area contributed by atoms with Crippen molar-refractivity contribution in [1.29, 1.82) is 0 Å². The number of nitrogens with zero attached hydrogens (tertiary/aromatic N) is 2. The molecule has 0 aliphatic rings. The summed E-state index contributed by atoms with van der Waals surface area (Å²) in [7, 11) is 4.15. The van der Waals surface area contributed by atoms with Crippen molar-refractivity contribution in [2.24, 2.45) is 5.73 Å². The molecule has 0 spiro atoms. The van der Waals surface area contributed by atoms with Crippen LogP contribution in [0.1, 0.15) is 24.5 Å². The van der Waals surface area contributed by atoms with E-state index in [1.54, 1.807) is 0 Å². The molecule has 3 nitrogen and oxygen atoms in total. The molecule has 2 aromatic rings. The number of rotatable bonds is 9. The molecule has 0 heterocycles. The van der Waals surface area contributed by atoms with E-state index in [9.17, 15) is 0 Å². The predicted molar refractivity (Wildman–Crippen MR) is 106 cm³/mol. The Balaban J connectivity index is 1.91. The van der Waals surface area contributed by atoms with Gasteiger partial charge in [-0.3, -0.25) is 0 Å². The van der Waals surface area contributed by atoms with E-state index in [2.05, 4.69) is 79.3 Å². The van der Waals surface area contributed by atoms with Crippen molar-refractivity contribution in [2.45, 2.75) is 26.2 Å². The van der Waals surface area contributed by atoms with Gasteiger partial charge in [-0.15, -0.1) is 0 Å². The summed E-state index contributed by atoms with van der Waals surface area (Å²) < 4.78 is 0. The Labute approximate surface area is 147 Å². The van der Waals surface area contributed by atoms with E-state index >= 15 is 0 Å². The molecule has 0 saturated carbocycles. The van der Waals surface area contributed by atoms with Gasteiger partial charge in [0.2, 0.25) is 0 Å². The summed E-state index contributed by atoms with van der Waals surface area (Å²) in [6, 6.07) is 17.8. The van der Waals surface area contributed by atoms with Crippen molar-refractivity contribution in [3.05, 3.63) is 59.7 Å². The van der Waals surface area contributed by atoms with Crippen molar-refractivity contribution in [1.82, 2.24) is 0 Å².